The molecule has 88 heavy (non-hydrogen) atoms. The number of hydrogen-bond acceptors (Lipinski definition) is 3. The number of hydrogen-bond donors (Lipinski definition) is 0. The van der Waals surface area contributed by atoms with E-state index in [2.05, 4.69) is 303 Å². The molecule has 17 rings (SSSR count). The summed E-state index contributed by atoms with van der Waals surface area (Å²) < 4.78 is 15.2. The SMILES string of the molecule is CC(C)(C)c1ccc2c(c1)c1cc(C(C)(C)C)ccc1n2-c1cc2c3c(c1)N(c1c(-c4ccccc4)cccc1-c1ccccc1)c1cc(-n4c5ccccc5c5ccccc54)ccc1B3c1ccc3c4ccccc4n(-c4cccc(C#N)c4)c3c1O2. The topological polar surface area (TPSA) is 51.0 Å². The first-order valence-corrected chi connectivity index (χ1v) is 30.6. The fraction of sp³-hybridized carbons (Fsp3) is 0.0988. The van der Waals surface area contributed by atoms with Gasteiger partial charge in [-0.3, -0.25) is 0 Å². The minimum atomic E-state index is -0.284. The third-order valence-electron chi connectivity index (χ3n) is 18.8. The summed E-state index contributed by atoms with van der Waals surface area (Å²) in [6.07, 6.45) is 0. The summed E-state index contributed by atoms with van der Waals surface area (Å²) in [4.78, 5) is 2.59. The van der Waals surface area contributed by atoms with Crippen molar-refractivity contribution in [2.24, 2.45) is 0 Å². The molecule has 0 bridgehead atoms. The molecule has 0 atom stereocenters. The number of anilines is 3. The van der Waals surface area contributed by atoms with Crippen LogP contribution in [-0.4, -0.2) is 20.4 Å². The molecule has 0 aliphatic carbocycles. The van der Waals surface area contributed by atoms with E-state index in [1.54, 1.807) is 0 Å². The Morgan fingerprint density at radius 2 is 0.886 bits per heavy atom. The maximum absolute atomic E-state index is 10.4. The largest absolute Gasteiger partial charge is 0.456 e. The number of rotatable bonds is 6. The molecule has 418 valence electrons. The lowest BCUT2D eigenvalue weighted by Gasteiger charge is -2.42. The maximum Gasteiger partial charge on any atom is 0.256 e. The summed E-state index contributed by atoms with van der Waals surface area (Å²) in [5.74, 6) is 1.58. The molecule has 0 fully saturated rings. The molecular weight excluding hydrogens is 1070 g/mol. The van der Waals surface area contributed by atoms with Crippen molar-refractivity contribution >= 4 is 106 Å². The number of nitriles is 1. The Hall–Kier alpha value is -10.8. The van der Waals surface area contributed by atoms with Crippen molar-refractivity contribution in [2.75, 3.05) is 4.90 Å². The zero-order valence-corrected chi connectivity index (χ0v) is 50.0. The second kappa shape index (κ2) is 19.1. The van der Waals surface area contributed by atoms with E-state index in [1.165, 1.54) is 32.7 Å². The molecule has 0 unspecified atom stereocenters. The normalized spacial score (nSPS) is 12.9. The van der Waals surface area contributed by atoms with Gasteiger partial charge in [-0.15, -0.1) is 0 Å². The van der Waals surface area contributed by atoms with Crippen LogP contribution in [-0.2, 0) is 10.8 Å². The van der Waals surface area contributed by atoms with Gasteiger partial charge < -0.3 is 23.3 Å². The smallest absolute Gasteiger partial charge is 0.256 e. The third-order valence-corrected chi connectivity index (χ3v) is 18.8. The van der Waals surface area contributed by atoms with E-state index in [1.807, 2.05) is 18.2 Å². The number of fused-ring (bicyclic) bond motifs is 14. The minimum Gasteiger partial charge on any atom is -0.456 e. The molecule has 0 amide bonds. The Morgan fingerprint density at radius 1 is 0.386 bits per heavy atom. The quantitative estimate of drug-likeness (QED) is 0.156. The van der Waals surface area contributed by atoms with Crippen LogP contribution in [0.15, 0.2) is 255 Å². The summed E-state index contributed by atoms with van der Waals surface area (Å²) in [5, 5.41) is 17.4. The Labute approximate surface area is 512 Å². The molecule has 12 aromatic carbocycles. The van der Waals surface area contributed by atoms with Gasteiger partial charge in [0, 0.05) is 72.3 Å². The van der Waals surface area contributed by atoms with Gasteiger partial charge in [0.2, 0.25) is 0 Å². The van der Waals surface area contributed by atoms with E-state index in [9.17, 15) is 5.26 Å². The highest BCUT2D eigenvalue weighted by Crippen LogP contribution is 2.52. The van der Waals surface area contributed by atoms with Gasteiger partial charge in [0.15, 0.2) is 0 Å². The zero-order valence-electron chi connectivity index (χ0n) is 50.0. The molecule has 7 heteroatoms. The number of para-hydroxylation sites is 4. The second-order valence-corrected chi connectivity index (χ2v) is 26.0. The van der Waals surface area contributed by atoms with Gasteiger partial charge in [0.25, 0.3) is 6.71 Å². The number of benzene rings is 12. The summed E-state index contributed by atoms with van der Waals surface area (Å²) in [5.41, 5.74) is 23.5. The van der Waals surface area contributed by atoms with E-state index < -0.39 is 0 Å². The van der Waals surface area contributed by atoms with Gasteiger partial charge in [-0.2, -0.15) is 5.26 Å². The summed E-state index contributed by atoms with van der Waals surface area (Å²) in [7, 11) is 0. The van der Waals surface area contributed by atoms with Crippen molar-refractivity contribution < 1.29 is 4.74 Å². The van der Waals surface area contributed by atoms with E-state index in [0.717, 1.165) is 128 Å². The summed E-state index contributed by atoms with van der Waals surface area (Å²) in [6, 6.07) is 96.0. The van der Waals surface area contributed by atoms with Crippen molar-refractivity contribution in [1.82, 2.24) is 13.7 Å². The van der Waals surface area contributed by atoms with Crippen LogP contribution >= 0.6 is 0 Å². The van der Waals surface area contributed by atoms with E-state index >= 15 is 0 Å². The Balaban J connectivity index is 1.05. The predicted octanol–water partition coefficient (Wildman–Crippen LogP) is 19.2. The van der Waals surface area contributed by atoms with Crippen molar-refractivity contribution in [3.05, 3.63) is 271 Å². The summed E-state index contributed by atoms with van der Waals surface area (Å²) in [6.45, 7) is 13.6. The first-order valence-electron chi connectivity index (χ1n) is 30.6. The second-order valence-electron chi connectivity index (χ2n) is 26.0. The minimum absolute atomic E-state index is 0.0746. The van der Waals surface area contributed by atoms with Crippen LogP contribution in [0.1, 0.15) is 58.2 Å². The van der Waals surface area contributed by atoms with Crippen LogP contribution in [0.3, 0.4) is 0 Å². The van der Waals surface area contributed by atoms with Crippen LogP contribution in [0, 0.1) is 11.3 Å². The number of aromatic nitrogens is 3. The van der Waals surface area contributed by atoms with Crippen LogP contribution in [0.2, 0.25) is 0 Å². The lowest BCUT2D eigenvalue weighted by atomic mass is 9.34. The number of nitrogens with zero attached hydrogens (tertiary/aromatic N) is 5. The Morgan fingerprint density at radius 3 is 1.48 bits per heavy atom. The molecule has 0 N–H and O–H groups in total. The maximum atomic E-state index is 10.4. The highest BCUT2D eigenvalue weighted by molar-refractivity contribution is 6.99. The van der Waals surface area contributed by atoms with Crippen molar-refractivity contribution in [1.29, 1.82) is 5.26 Å². The molecule has 0 radical (unpaired) electrons. The third kappa shape index (κ3) is 7.68. The van der Waals surface area contributed by atoms with Gasteiger partial charge in [-0.05, 0) is 128 Å². The molecule has 15 aromatic rings. The molecular formula is C81H60BN5O. The fourth-order valence-electron chi connectivity index (χ4n) is 14.6. The first-order chi connectivity index (χ1) is 42.9. The van der Waals surface area contributed by atoms with Crippen molar-refractivity contribution in [3.63, 3.8) is 0 Å². The van der Waals surface area contributed by atoms with Gasteiger partial charge in [-0.25, -0.2) is 0 Å². The number of ether oxygens (including phenoxy) is 1. The molecule has 0 spiro atoms. The Kier molecular flexibility index (Phi) is 11.2. The Bertz CT molecular complexity index is 5290. The molecule has 5 heterocycles. The van der Waals surface area contributed by atoms with Crippen molar-refractivity contribution in [2.45, 2.75) is 52.4 Å². The molecule has 2 aliphatic heterocycles. The van der Waals surface area contributed by atoms with Gasteiger partial charge in [-0.1, -0.05) is 211 Å². The zero-order chi connectivity index (χ0) is 59.3. The van der Waals surface area contributed by atoms with E-state index in [0.29, 0.717) is 5.56 Å². The molecule has 0 saturated heterocycles. The van der Waals surface area contributed by atoms with Crippen LogP contribution in [0.5, 0.6) is 11.5 Å². The predicted molar refractivity (Wildman–Crippen MR) is 368 cm³/mol. The van der Waals surface area contributed by atoms with E-state index in [-0.39, 0.29) is 17.5 Å². The van der Waals surface area contributed by atoms with Crippen LogP contribution in [0.25, 0.3) is 105 Å². The molecule has 2 aliphatic rings. The highest BCUT2D eigenvalue weighted by Gasteiger charge is 2.45. The fourth-order valence-corrected chi connectivity index (χ4v) is 14.6. The first kappa shape index (κ1) is 51.6. The average molecular weight is 1130 g/mol. The van der Waals surface area contributed by atoms with Crippen LogP contribution in [0.4, 0.5) is 17.1 Å². The van der Waals surface area contributed by atoms with Gasteiger partial charge in [0.05, 0.1) is 56.1 Å². The lowest BCUT2D eigenvalue weighted by molar-refractivity contribution is 0.491. The summed E-state index contributed by atoms with van der Waals surface area (Å²) >= 11 is 0. The average Bonchev–Trinajstić information content (AvgIpc) is 1.68. The molecule has 6 nitrogen and oxygen atoms in total. The highest BCUT2D eigenvalue weighted by atomic mass is 16.5. The monoisotopic (exact) mass is 1130 g/mol. The molecule has 0 saturated carbocycles. The van der Waals surface area contributed by atoms with Crippen LogP contribution < -0.4 is 26.0 Å². The molecule has 3 aromatic heterocycles. The van der Waals surface area contributed by atoms with Crippen molar-refractivity contribution in [3.8, 4) is 56.9 Å². The standard InChI is InChI=1S/C81H60BN5O/c1-80(2,3)53-35-41-71-64(44-53)65-45-54(81(4,5)6)36-42-72(65)85(71)57-47-74-76-75(48-57)88-79-67(40-38-63-62-29-15-18-34-70(62)86(78(63)79)55-26-19-21-50(43-55)49-83)82(76)66-39-37-56(84-68-32-16-13-27-60(68)61-28-14-17-33-69(61)84)46-73(66)87(74)77-58(51-22-9-7-10-23-51)30-20-31-59(77)52-24-11-8-12-25-52/h7-48H,1-6H3. The van der Waals surface area contributed by atoms with E-state index in [4.69, 9.17) is 4.74 Å². The van der Waals surface area contributed by atoms with Gasteiger partial charge in [0.1, 0.15) is 11.5 Å². The lowest BCUT2D eigenvalue weighted by Crippen LogP contribution is -2.59. The van der Waals surface area contributed by atoms with Gasteiger partial charge >= 0.3 is 0 Å².